The molecule has 3 aromatic rings. The van der Waals surface area contributed by atoms with Gasteiger partial charge in [-0.1, -0.05) is 30.3 Å². The van der Waals surface area contributed by atoms with Crippen LogP contribution in [0.2, 0.25) is 0 Å². The Morgan fingerprint density at radius 3 is 2.64 bits per heavy atom. The maximum atomic E-state index is 13.1. The number of hydrogen-bond donors (Lipinski definition) is 1. The lowest BCUT2D eigenvalue weighted by Gasteiger charge is -2.22. The fourth-order valence-corrected chi connectivity index (χ4v) is 3.44. The van der Waals surface area contributed by atoms with Crippen molar-refractivity contribution in [2.45, 2.75) is 25.9 Å². The number of amides is 2. The third kappa shape index (κ3) is 3.49. The molecule has 0 bridgehead atoms. The summed E-state index contributed by atoms with van der Waals surface area (Å²) in [6, 6.07) is 18.4. The van der Waals surface area contributed by atoms with Crippen LogP contribution in [0.4, 0.5) is 5.69 Å². The molecule has 0 fully saturated rings. The molecule has 28 heavy (non-hydrogen) atoms. The molecule has 0 radical (unpaired) electrons. The van der Waals surface area contributed by atoms with Crippen molar-refractivity contribution in [2.24, 2.45) is 0 Å². The van der Waals surface area contributed by atoms with Crippen molar-refractivity contribution in [3.8, 4) is 0 Å². The van der Waals surface area contributed by atoms with Gasteiger partial charge in [0.15, 0.2) is 0 Å². The van der Waals surface area contributed by atoms with Crippen LogP contribution in [0.1, 0.15) is 39.2 Å². The highest BCUT2D eigenvalue weighted by molar-refractivity contribution is 6.07. The van der Waals surface area contributed by atoms with Crippen molar-refractivity contribution < 1.29 is 9.59 Å². The van der Waals surface area contributed by atoms with Crippen LogP contribution in [0.15, 0.2) is 66.9 Å². The predicted octanol–water partition coefficient (Wildman–Crippen LogP) is 3.00. The number of fused-ring (bicyclic) bond motifs is 1. The Hall–Kier alpha value is -3.54. The summed E-state index contributed by atoms with van der Waals surface area (Å²) >= 11 is 0. The molecule has 1 aromatic carbocycles. The second-order valence-corrected chi connectivity index (χ2v) is 6.77. The van der Waals surface area contributed by atoms with Gasteiger partial charge in [0.2, 0.25) is 0 Å². The number of para-hydroxylation sites is 1. The van der Waals surface area contributed by atoms with Gasteiger partial charge < -0.3 is 10.2 Å². The van der Waals surface area contributed by atoms with E-state index in [9.17, 15) is 9.59 Å². The van der Waals surface area contributed by atoms with Crippen molar-refractivity contribution >= 4 is 17.5 Å². The zero-order chi connectivity index (χ0) is 19.5. The molecule has 2 aromatic heterocycles. The molecule has 2 amide bonds. The molecule has 0 saturated carbocycles. The normalized spacial score (nSPS) is 15.2. The zero-order valence-corrected chi connectivity index (χ0v) is 15.5. The summed E-state index contributed by atoms with van der Waals surface area (Å²) in [4.78, 5) is 35.8. The summed E-state index contributed by atoms with van der Waals surface area (Å²) in [6.45, 7) is 2.32. The highest BCUT2D eigenvalue weighted by atomic mass is 16.2. The summed E-state index contributed by atoms with van der Waals surface area (Å²) in [5.41, 5.74) is 3.28. The van der Waals surface area contributed by atoms with Crippen molar-refractivity contribution in [2.75, 3.05) is 4.90 Å². The minimum Gasteiger partial charge on any atom is -0.345 e. The molecule has 1 aliphatic heterocycles. The van der Waals surface area contributed by atoms with E-state index in [0.29, 0.717) is 6.54 Å². The number of carbonyl (C=O) groups excluding carboxylic acids is 2. The summed E-state index contributed by atoms with van der Waals surface area (Å²) in [7, 11) is 0. The van der Waals surface area contributed by atoms with Crippen molar-refractivity contribution in [3.63, 3.8) is 0 Å². The first-order valence-corrected chi connectivity index (χ1v) is 9.20. The van der Waals surface area contributed by atoms with Crippen LogP contribution in [0.25, 0.3) is 0 Å². The fraction of sp³-hybridized carbons (Fsp3) is 0.182. The minimum absolute atomic E-state index is 0.0494. The molecular formula is C22H20N4O2. The topological polar surface area (TPSA) is 75.2 Å². The van der Waals surface area contributed by atoms with Crippen LogP contribution >= 0.6 is 0 Å². The molecule has 1 unspecified atom stereocenters. The average Bonchev–Trinajstić information content (AvgIpc) is 3.08. The minimum atomic E-state index is -0.338. The van der Waals surface area contributed by atoms with Gasteiger partial charge in [-0.2, -0.15) is 0 Å². The van der Waals surface area contributed by atoms with E-state index < -0.39 is 0 Å². The fourth-order valence-electron chi connectivity index (χ4n) is 3.44. The Bertz CT molecular complexity index is 1020. The Morgan fingerprint density at radius 2 is 1.82 bits per heavy atom. The molecule has 3 heterocycles. The van der Waals surface area contributed by atoms with Crippen LogP contribution in [0.5, 0.6) is 0 Å². The number of nitrogens with zero attached hydrogens (tertiary/aromatic N) is 3. The number of rotatable bonds is 4. The van der Waals surface area contributed by atoms with Crippen LogP contribution in [0, 0.1) is 0 Å². The summed E-state index contributed by atoms with van der Waals surface area (Å²) in [5, 5.41) is 2.79. The van der Waals surface area contributed by atoms with Crippen LogP contribution in [0.3, 0.4) is 0 Å². The van der Waals surface area contributed by atoms with Gasteiger partial charge in [-0.15, -0.1) is 0 Å². The maximum Gasteiger partial charge on any atom is 0.277 e. The van der Waals surface area contributed by atoms with Gasteiger partial charge in [0.05, 0.1) is 12.2 Å². The van der Waals surface area contributed by atoms with E-state index in [1.165, 1.54) is 0 Å². The van der Waals surface area contributed by atoms with Gasteiger partial charge in [0.1, 0.15) is 11.4 Å². The standard InChI is InChI=1S/C22H20N4O2/c1-15-13-16-7-2-3-11-20(16)26(15)22(28)19-10-6-9-18(25-19)21(27)24-14-17-8-4-5-12-23-17/h2-12,15H,13-14H2,1H3,(H,24,27). The lowest BCUT2D eigenvalue weighted by Crippen LogP contribution is -2.36. The Labute approximate surface area is 163 Å². The van der Waals surface area contributed by atoms with Gasteiger partial charge in [-0.05, 0) is 49.2 Å². The maximum absolute atomic E-state index is 13.1. The number of aromatic nitrogens is 2. The number of benzene rings is 1. The van der Waals surface area contributed by atoms with E-state index in [0.717, 1.165) is 23.4 Å². The summed E-state index contributed by atoms with van der Waals surface area (Å²) in [5.74, 6) is -0.535. The Morgan fingerprint density at radius 1 is 1.04 bits per heavy atom. The smallest absolute Gasteiger partial charge is 0.277 e. The number of hydrogen-bond acceptors (Lipinski definition) is 4. The first kappa shape index (κ1) is 17.9. The van der Waals surface area contributed by atoms with Crippen LogP contribution < -0.4 is 10.2 Å². The van der Waals surface area contributed by atoms with Gasteiger partial charge in [0, 0.05) is 17.9 Å². The molecule has 1 aliphatic rings. The molecule has 1 atom stereocenters. The van der Waals surface area contributed by atoms with E-state index in [-0.39, 0.29) is 29.2 Å². The van der Waals surface area contributed by atoms with E-state index in [4.69, 9.17) is 0 Å². The monoisotopic (exact) mass is 372 g/mol. The number of pyridine rings is 2. The van der Waals surface area contributed by atoms with Crippen LogP contribution in [-0.4, -0.2) is 27.8 Å². The van der Waals surface area contributed by atoms with Crippen molar-refractivity contribution in [3.05, 3.63) is 89.5 Å². The first-order chi connectivity index (χ1) is 13.6. The molecule has 0 saturated heterocycles. The van der Waals surface area contributed by atoms with Gasteiger partial charge >= 0.3 is 0 Å². The van der Waals surface area contributed by atoms with Gasteiger partial charge in [-0.3, -0.25) is 14.6 Å². The second kappa shape index (κ2) is 7.60. The third-order valence-electron chi connectivity index (χ3n) is 4.78. The lowest BCUT2D eigenvalue weighted by molar-refractivity contribution is 0.0945. The molecule has 6 heteroatoms. The van der Waals surface area contributed by atoms with Gasteiger partial charge in [-0.25, -0.2) is 4.98 Å². The van der Waals surface area contributed by atoms with E-state index >= 15 is 0 Å². The highest BCUT2D eigenvalue weighted by Crippen LogP contribution is 2.32. The zero-order valence-electron chi connectivity index (χ0n) is 15.5. The van der Waals surface area contributed by atoms with Crippen molar-refractivity contribution in [1.82, 2.24) is 15.3 Å². The SMILES string of the molecule is CC1Cc2ccccc2N1C(=O)c1cccc(C(=O)NCc2ccccn2)n1. The molecular weight excluding hydrogens is 352 g/mol. The second-order valence-electron chi connectivity index (χ2n) is 6.77. The van der Waals surface area contributed by atoms with Crippen LogP contribution in [-0.2, 0) is 13.0 Å². The Kier molecular flexibility index (Phi) is 4.85. The van der Waals surface area contributed by atoms with E-state index in [2.05, 4.69) is 15.3 Å². The van der Waals surface area contributed by atoms with Gasteiger partial charge in [0.25, 0.3) is 11.8 Å². The predicted molar refractivity (Wildman–Crippen MR) is 106 cm³/mol. The summed E-state index contributed by atoms with van der Waals surface area (Å²) < 4.78 is 0. The summed E-state index contributed by atoms with van der Waals surface area (Å²) in [6.07, 6.45) is 2.49. The lowest BCUT2D eigenvalue weighted by atomic mass is 10.1. The molecule has 0 aliphatic carbocycles. The first-order valence-electron chi connectivity index (χ1n) is 9.20. The van der Waals surface area contributed by atoms with E-state index in [1.807, 2.05) is 49.4 Å². The quantitative estimate of drug-likeness (QED) is 0.764. The third-order valence-corrected chi connectivity index (χ3v) is 4.78. The Balaban J connectivity index is 1.52. The number of anilines is 1. The van der Waals surface area contributed by atoms with Crippen molar-refractivity contribution in [1.29, 1.82) is 0 Å². The average molecular weight is 372 g/mol. The molecule has 1 N–H and O–H groups in total. The molecule has 6 nitrogen and oxygen atoms in total. The molecule has 140 valence electrons. The largest absolute Gasteiger partial charge is 0.345 e. The highest BCUT2D eigenvalue weighted by Gasteiger charge is 2.32. The van der Waals surface area contributed by atoms with E-state index in [1.54, 1.807) is 29.3 Å². The molecule has 0 spiro atoms. The molecule has 4 rings (SSSR count). The number of carbonyl (C=O) groups is 2. The number of nitrogens with one attached hydrogen (secondary N) is 1.